The third-order valence-corrected chi connectivity index (χ3v) is 2.89. The second-order valence-corrected chi connectivity index (χ2v) is 4.80. The lowest BCUT2D eigenvalue weighted by molar-refractivity contribution is -0.385. The molecule has 6 nitrogen and oxygen atoms in total. The molecule has 0 atom stereocenters. The molecule has 0 heterocycles. The number of anilines is 1. The van der Waals surface area contributed by atoms with Gasteiger partial charge in [0, 0.05) is 11.8 Å². The summed E-state index contributed by atoms with van der Waals surface area (Å²) >= 11 is 0. The normalized spacial score (nSPS) is 11.0. The SMILES string of the molecule is O=C(Nc1cccc(F)c1)c1cc(OCC(F)(F)F)ccc1[N+](=O)[O-]. The molecular formula is C15H10F4N2O4. The van der Waals surface area contributed by atoms with E-state index in [1.165, 1.54) is 12.1 Å². The van der Waals surface area contributed by atoms with Gasteiger partial charge in [-0.05, 0) is 30.3 Å². The Morgan fingerprint density at radius 3 is 2.52 bits per heavy atom. The Hall–Kier alpha value is -3.17. The Morgan fingerprint density at radius 2 is 1.92 bits per heavy atom. The second kappa shape index (κ2) is 7.16. The van der Waals surface area contributed by atoms with Crippen molar-refractivity contribution in [3.8, 4) is 5.75 Å². The van der Waals surface area contributed by atoms with Crippen molar-refractivity contribution in [1.82, 2.24) is 0 Å². The molecular weight excluding hydrogens is 348 g/mol. The van der Waals surface area contributed by atoms with Gasteiger partial charge in [-0.15, -0.1) is 0 Å². The van der Waals surface area contributed by atoms with E-state index in [1.54, 1.807) is 0 Å². The van der Waals surface area contributed by atoms with E-state index in [-0.39, 0.29) is 11.4 Å². The van der Waals surface area contributed by atoms with Crippen molar-refractivity contribution in [3.63, 3.8) is 0 Å². The second-order valence-electron chi connectivity index (χ2n) is 4.80. The van der Waals surface area contributed by atoms with Crippen LogP contribution in [0.25, 0.3) is 0 Å². The maximum atomic E-state index is 13.1. The molecule has 1 amide bonds. The summed E-state index contributed by atoms with van der Waals surface area (Å²) in [4.78, 5) is 22.3. The van der Waals surface area contributed by atoms with Crippen LogP contribution in [0.4, 0.5) is 28.9 Å². The number of nitro groups is 1. The quantitative estimate of drug-likeness (QED) is 0.499. The molecule has 10 heteroatoms. The van der Waals surface area contributed by atoms with Crippen molar-refractivity contribution in [2.45, 2.75) is 6.18 Å². The number of carbonyl (C=O) groups is 1. The van der Waals surface area contributed by atoms with Crippen LogP contribution in [0.15, 0.2) is 42.5 Å². The molecule has 0 radical (unpaired) electrons. The number of rotatable bonds is 5. The van der Waals surface area contributed by atoms with Gasteiger partial charge < -0.3 is 10.1 Å². The Bertz CT molecular complexity index is 808. The summed E-state index contributed by atoms with van der Waals surface area (Å²) < 4.78 is 54.2. The molecule has 0 aliphatic rings. The number of benzene rings is 2. The molecule has 0 spiro atoms. The fraction of sp³-hybridized carbons (Fsp3) is 0.133. The summed E-state index contributed by atoms with van der Waals surface area (Å²) in [5.41, 5.74) is -1.12. The van der Waals surface area contributed by atoms with Gasteiger partial charge in [-0.1, -0.05) is 6.07 Å². The van der Waals surface area contributed by atoms with Crippen molar-refractivity contribution in [1.29, 1.82) is 0 Å². The molecule has 132 valence electrons. The van der Waals surface area contributed by atoms with E-state index in [2.05, 4.69) is 10.1 Å². The van der Waals surface area contributed by atoms with Crippen LogP contribution in [-0.2, 0) is 0 Å². The lowest BCUT2D eigenvalue weighted by atomic mass is 10.1. The average Bonchev–Trinajstić information content (AvgIpc) is 2.52. The maximum Gasteiger partial charge on any atom is 0.422 e. The van der Waals surface area contributed by atoms with E-state index in [9.17, 15) is 32.5 Å². The van der Waals surface area contributed by atoms with Gasteiger partial charge in [-0.2, -0.15) is 13.2 Å². The number of ether oxygens (including phenoxy) is 1. The van der Waals surface area contributed by atoms with Crippen LogP contribution in [0, 0.1) is 15.9 Å². The van der Waals surface area contributed by atoms with Crippen LogP contribution >= 0.6 is 0 Å². The molecule has 0 aliphatic heterocycles. The molecule has 0 bridgehead atoms. The van der Waals surface area contributed by atoms with Crippen molar-refractivity contribution < 1.29 is 32.0 Å². The van der Waals surface area contributed by atoms with E-state index in [1.807, 2.05) is 0 Å². The predicted molar refractivity (Wildman–Crippen MR) is 79.0 cm³/mol. The molecule has 2 aromatic carbocycles. The van der Waals surface area contributed by atoms with Gasteiger partial charge >= 0.3 is 6.18 Å². The Morgan fingerprint density at radius 1 is 1.20 bits per heavy atom. The molecule has 1 N–H and O–H groups in total. The minimum absolute atomic E-state index is 0.0286. The fourth-order valence-corrected chi connectivity index (χ4v) is 1.88. The summed E-state index contributed by atoms with van der Waals surface area (Å²) in [7, 11) is 0. The first-order chi connectivity index (χ1) is 11.7. The molecule has 2 aromatic rings. The topological polar surface area (TPSA) is 81.5 Å². The van der Waals surface area contributed by atoms with E-state index in [0.717, 1.165) is 30.3 Å². The van der Waals surface area contributed by atoms with Gasteiger partial charge in [0.2, 0.25) is 0 Å². The lowest BCUT2D eigenvalue weighted by Crippen LogP contribution is -2.20. The first kappa shape index (κ1) is 18.2. The fourth-order valence-electron chi connectivity index (χ4n) is 1.88. The highest BCUT2D eigenvalue weighted by atomic mass is 19.4. The minimum atomic E-state index is -4.61. The van der Waals surface area contributed by atoms with Crippen LogP contribution < -0.4 is 10.1 Å². The molecule has 0 fully saturated rings. The smallest absolute Gasteiger partial charge is 0.422 e. The Balaban J connectivity index is 2.29. The first-order valence-corrected chi connectivity index (χ1v) is 6.70. The summed E-state index contributed by atoms with van der Waals surface area (Å²) in [6.45, 7) is -1.62. The molecule has 0 unspecified atom stereocenters. The number of nitrogens with zero attached hydrogens (tertiary/aromatic N) is 1. The van der Waals surface area contributed by atoms with Gasteiger partial charge in [-0.3, -0.25) is 14.9 Å². The lowest BCUT2D eigenvalue weighted by Gasteiger charge is -2.11. The highest BCUT2D eigenvalue weighted by Gasteiger charge is 2.29. The van der Waals surface area contributed by atoms with Crippen molar-refractivity contribution in [3.05, 3.63) is 64.0 Å². The number of nitro benzene ring substituents is 1. The van der Waals surface area contributed by atoms with Gasteiger partial charge in [0.15, 0.2) is 6.61 Å². The predicted octanol–water partition coefficient (Wildman–Crippen LogP) is 3.93. The van der Waals surface area contributed by atoms with Crippen molar-refractivity contribution >= 4 is 17.3 Å². The molecule has 0 aliphatic carbocycles. The number of halogens is 4. The van der Waals surface area contributed by atoms with E-state index >= 15 is 0 Å². The van der Waals surface area contributed by atoms with Crippen LogP contribution in [-0.4, -0.2) is 23.6 Å². The van der Waals surface area contributed by atoms with Gasteiger partial charge in [-0.25, -0.2) is 4.39 Å². The zero-order chi connectivity index (χ0) is 18.6. The van der Waals surface area contributed by atoms with Crippen LogP contribution in [0.2, 0.25) is 0 Å². The summed E-state index contributed by atoms with van der Waals surface area (Å²) in [6, 6.07) is 7.38. The highest BCUT2D eigenvalue weighted by molar-refractivity contribution is 6.07. The number of carbonyl (C=O) groups excluding carboxylic acids is 1. The standard InChI is InChI=1S/C15H10F4N2O4/c16-9-2-1-3-10(6-9)20-14(22)12-7-11(25-8-15(17,18)19)4-5-13(12)21(23)24/h1-7H,8H2,(H,20,22). The number of nitrogens with one attached hydrogen (secondary N) is 1. The third-order valence-electron chi connectivity index (χ3n) is 2.89. The molecule has 25 heavy (non-hydrogen) atoms. The van der Waals surface area contributed by atoms with Gasteiger partial charge in [0.25, 0.3) is 11.6 Å². The maximum absolute atomic E-state index is 13.1. The summed E-state index contributed by atoms with van der Waals surface area (Å²) in [6.07, 6.45) is -4.61. The Kier molecular flexibility index (Phi) is 5.20. The largest absolute Gasteiger partial charge is 0.484 e. The molecule has 0 aromatic heterocycles. The molecule has 2 rings (SSSR count). The number of hydrogen-bond donors (Lipinski definition) is 1. The average molecular weight is 358 g/mol. The highest BCUT2D eigenvalue weighted by Crippen LogP contribution is 2.26. The van der Waals surface area contributed by atoms with E-state index in [4.69, 9.17) is 0 Å². The van der Waals surface area contributed by atoms with Crippen LogP contribution in [0.5, 0.6) is 5.75 Å². The van der Waals surface area contributed by atoms with Gasteiger partial charge in [0.1, 0.15) is 17.1 Å². The molecule has 0 saturated heterocycles. The minimum Gasteiger partial charge on any atom is -0.484 e. The summed E-state index contributed by atoms with van der Waals surface area (Å²) in [5.74, 6) is -2.00. The number of hydrogen-bond acceptors (Lipinski definition) is 4. The van der Waals surface area contributed by atoms with E-state index < -0.39 is 40.7 Å². The Labute approximate surface area is 138 Å². The summed E-state index contributed by atoms with van der Waals surface area (Å²) in [5, 5.41) is 13.2. The molecule has 0 saturated carbocycles. The third kappa shape index (κ3) is 5.16. The monoisotopic (exact) mass is 358 g/mol. The zero-order valence-electron chi connectivity index (χ0n) is 12.3. The van der Waals surface area contributed by atoms with Crippen molar-refractivity contribution in [2.75, 3.05) is 11.9 Å². The van der Waals surface area contributed by atoms with Crippen molar-refractivity contribution in [2.24, 2.45) is 0 Å². The zero-order valence-corrected chi connectivity index (χ0v) is 12.3. The number of amides is 1. The van der Waals surface area contributed by atoms with Crippen LogP contribution in [0.3, 0.4) is 0 Å². The van der Waals surface area contributed by atoms with Crippen LogP contribution in [0.1, 0.15) is 10.4 Å². The van der Waals surface area contributed by atoms with E-state index in [0.29, 0.717) is 0 Å². The number of alkyl halides is 3. The van der Waals surface area contributed by atoms with Gasteiger partial charge in [0.05, 0.1) is 4.92 Å². The first-order valence-electron chi connectivity index (χ1n) is 6.70.